The van der Waals surface area contributed by atoms with Crippen LogP contribution in [-0.4, -0.2) is 67.3 Å². The second kappa shape index (κ2) is 28.0. The van der Waals surface area contributed by atoms with Crippen molar-refractivity contribution in [3.8, 4) is 0 Å². The lowest BCUT2D eigenvalue weighted by Gasteiger charge is -2.19. The standard InChI is InChI=1S/C20H31N3O2.C6H12.C3H4F2.C3H8O/c1-4-5-12-23(3)20(25)17-9-6-8-16(14-17)19(24)22-15(2)13-18-10-7-11-21-18;1-3-5-6-4-2;4-2-1-3-5;1-2-3-4/h6,8-9,14-15,18,21H,4-5,7,10-13H2,1-3H3,(H,22,24);5-6H,3-4H2,1-2H3;1-2H,3H2;4H,2-3H2,1H3/b;6-5-;2-1+;/t15-,18+;;;/m0.../s1. The average Bonchev–Trinajstić information content (AvgIpc) is 3.48. The Balaban J connectivity index is 0. The topological polar surface area (TPSA) is 81.7 Å². The van der Waals surface area contributed by atoms with Gasteiger partial charge in [-0.2, -0.15) is 0 Å². The highest BCUT2D eigenvalue weighted by molar-refractivity contribution is 5.99. The summed E-state index contributed by atoms with van der Waals surface area (Å²) in [4.78, 5) is 26.7. The molecule has 0 unspecified atom stereocenters. The second-order valence-electron chi connectivity index (χ2n) is 9.59. The Kier molecular flexibility index (Phi) is 27.7. The van der Waals surface area contributed by atoms with Crippen LogP contribution in [0.4, 0.5) is 8.78 Å². The Morgan fingerprint density at radius 2 is 1.75 bits per heavy atom. The second-order valence-corrected chi connectivity index (χ2v) is 9.59. The van der Waals surface area contributed by atoms with E-state index in [1.807, 2.05) is 13.8 Å². The molecule has 0 bridgehead atoms. The van der Waals surface area contributed by atoms with Crippen LogP contribution in [0.3, 0.4) is 0 Å². The maximum Gasteiger partial charge on any atom is 0.253 e. The first kappa shape index (κ1) is 39.6. The number of carbonyl (C=O) groups is 2. The SMILES string of the molecule is CC/C=C\CC.CCCCN(C)C(=O)c1cccc(C(=O)N[C@@H](C)C[C@H]2CCCN2)c1.CCCO.F/C=C/CF. The Bertz CT molecular complexity index is 804. The number of amides is 2. The fraction of sp³-hybridized carbons (Fsp3) is 0.625. The lowest BCUT2D eigenvalue weighted by Crippen LogP contribution is -2.37. The fourth-order valence-electron chi connectivity index (χ4n) is 3.63. The van der Waals surface area contributed by atoms with Gasteiger partial charge in [-0.25, -0.2) is 8.78 Å². The van der Waals surface area contributed by atoms with Gasteiger partial charge >= 0.3 is 0 Å². The van der Waals surface area contributed by atoms with Gasteiger partial charge in [0.05, 0.1) is 6.33 Å². The molecule has 3 N–H and O–H groups in total. The molecule has 2 atom stereocenters. The maximum atomic E-state index is 12.5. The fourth-order valence-corrected chi connectivity index (χ4v) is 3.63. The van der Waals surface area contributed by atoms with Crippen molar-refractivity contribution in [1.82, 2.24) is 15.5 Å². The number of nitrogens with zero attached hydrogens (tertiary/aromatic N) is 1. The highest BCUT2D eigenvalue weighted by Crippen LogP contribution is 2.12. The van der Waals surface area contributed by atoms with E-state index in [9.17, 15) is 18.4 Å². The maximum absolute atomic E-state index is 12.5. The number of benzene rings is 1. The number of allylic oxidation sites excluding steroid dienone is 3. The highest BCUT2D eigenvalue weighted by Gasteiger charge is 2.19. The molecule has 8 heteroatoms. The molecule has 230 valence electrons. The molecule has 1 saturated heterocycles. The zero-order chi connectivity index (χ0) is 30.6. The Labute approximate surface area is 242 Å². The van der Waals surface area contributed by atoms with Gasteiger partial charge in [0.2, 0.25) is 0 Å². The molecule has 40 heavy (non-hydrogen) atoms. The molecule has 6 nitrogen and oxygen atoms in total. The summed E-state index contributed by atoms with van der Waals surface area (Å²) in [6, 6.07) is 7.61. The van der Waals surface area contributed by atoms with E-state index in [0.29, 0.717) is 23.8 Å². The summed E-state index contributed by atoms with van der Waals surface area (Å²) in [5.41, 5.74) is 1.11. The zero-order valence-corrected chi connectivity index (χ0v) is 25.7. The van der Waals surface area contributed by atoms with Gasteiger partial charge in [-0.3, -0.25) is 9.59 Å². The minimum atomic E-state index is -0.712. The summed E-state index contributed by atoms with van der Waals surface area (Å²) in [6.45, 7) is 11.8. The molecule has 1 aliphatic rings. The molecule has 1 fully saturated rings. The van der Waals surface area contributed by atoms with Gasteiger partial charge in [0.25, 0.3) is 11.8 Å². The molecule has 0 aromatic heterocycles. The normalized spacial score (nSPS) is 14.8. The highest BCUT2D eigenvalue weighted by atomic mass is 19.1. The van der Waals surface area contributed by atoms with Gasteiger partial charge in [-0.15, -0.1) is 0 Å². The van der Waals surface area contributed by atoms with E-state index < -0.39 is 6.67 Å². The summed E-state index contributed by atoms with van der Waals surface area (Å²) in [6.07, 6.45) is 13.9. The molecule has 1 aromatic carbocycles. The summed E-state index contributed by atoms with van der Waals surface area (Å²) in [7, 11) is 1.81. The molecule has 2 amide bonds. The van der Waals surface area contributed by atoms with Crippen molar-refractivity contribution in [2.24, 2.45) is 0 Å². The number of hydrogen-bond donors (Lipinski definition) is 3. The van der Waals surface area contributed by atoms with Gasteiger partial charge in [0.15, 0.2) is 0 Å². The van der Waals surface area contributed by atoms with E-state index in [0.717, 1.165) is 44.8 Å². The van der Waals surface area contributed by atoms with E-state index in [-0.39, 0.29) is 24.2 Å². The largest absolute Gasteiger partial charge is 0.396 e. The summed E-state index contributed by atoms with van der Waals surface area (Å²) in [5, 5.41) is 14.4. The molecule has 0 radical (unpaired) electrons. The van der Waals surface area contributed by atoms with Crippen molar-refractivity contribution in [2.45, 2.75) is 98.1 Å². The van der Waals surface area contributed by atoms with E-state index in [1.54, 1.807) is 36.2 Å². The minimum Gasteiger partial charge on any atom is -0.396 e. The first-order chi connectivity index (χ1) is 19.2. The average molecular weight is 568 g/mol. The first-order valence-electron chi connectivity index (χ1n) is 14.7. The number of aliphatic hydroxyl groups excluding tert-OH is 1. The Morgan fingerprint density at radius 3 is 2.20 bits per heavy atom. The molecular weight excluding hydrogens is 512 g/mol. The molecular formula is C32H55F2N3O3. The van der Waals surface area contributed by atoms with E-state index in [1.165, 1.54) is 25.7 Å². The molecule has 0 saturated carbocycles. The molecule has 1 heterocycles. The molecule has 0 spiro atoms. The molecule has 1 aromatic rings. The van der Waals surface area contributed by atoms with Gasteiger partial charge < -0.3 is 20.6 Å². The molecule has 0 aliphatic carbocycles. The van der Waals surface area contributed by atoms with Gasteiger partial charge in [0, 0.05) is 43.4 Å². The molecule has 2 rings (SSSR count). The number of aliphatic hydroxyl groups is 1. The Hall–Kier alpha value is -2.58. The summed E-state index contributed by atoms with van der Waals surface area (Å²) >= 11 is 0. The summed E-state index contributed by atoms with van der Waals surface area (Å²) in [5.74, 6) is -0.150. The van der Waals surface area contributed by atoms with Crippen molar-refractivity contribution < 1.29 is 23.5 Å². The van der Waals surface area contributed by atoms with Crippen molar-refractivity contribution in [1.29, 1.82) is 0 Å². The third-order valence-electron chi connectivity index (χ3n) is 5.78. The number of alkyl halides is 1. The lowest BCUT2D eigenvalue weighted by atomic mass is 10.1. The van der Waals surface area contributed by atoms with Gasteiger partial charge in [0.1, 0.15) is 6.67 Å². The smallest absolute Gasteiger partial charge is 0.253 e. The third-order valence-corrected chi connectivity index (χ3v) is 5.78. The van der Waals surface area contributed by atoms with Crippen LogP contribution in [0.1, 0.15) is 107 Å². The Morgan fingerprint density at radius 1 is 1.12 bits per heavy atom. The van der Waals surface area contributed by atoms with E-state index in [4.69, 9.17) is 5.11 Å². The monoisotopic (exact) mass is 567 g/mol. The lowest BCUT2D eigenvalue weighted by molar-refractivity contribution is 0.0793. The van der Waals surface area contributed by atoms with Crippen LogP contribution < -0.4 is 10.6 Å². The predicted octanol–water partition coefficient (Wildman–Crippen LogP) is 7.01. The molecule has 1 aliphatic heterocycles. The first-order valence-corrected chi connectivity index (χ1v) is 14.7. The van der Waals surface area contributed by atoms with E-state index in [2.05, 4.69) is 43.6 Å². The van der Waals surface area contributed by atoms with Crippen molar-refractivity contribution >= 4 is 11.8 Å². The van der Waals surface area contributed by atoms with Crippen LogP contribution in [0, 0.1) is 0 Å². The summed E-state index contributed by atoms with van der Waals surface area (Å²) < 4.78 is 21.2. The van der Waals surface area contributed by atoms with E-state index >= 15 is 0 Å². The van der Waals surface area contributed by atoms with Crippen LogP contribution in [0.2, 0.25) is 0 Å². The van der Waals surface area contributed by atoms with Crippen LogP contribution in [0.5, 0.6) is 0 Å². The predicted molar refractivity (Wildman–Crippen MR) is 164 cm³/mol. The van der Waals surface area contributed by atoms with Crippen LogP contribution >= 0.6 is 0 Å². The van der Waals surface area contributed by atoms with Gasteiger partial charge in [-0.1, -0.05) is 52.3 Å². The number of carbonyl (C=O) groups excluding carboxylic acids is 2. The quantitative estimate of drug-likeness (QED) is 0.237. The van der Waals surface area contributed by atoms with Crippen LogP contribution in [0.15, 0.2) is 48.8 Å². The number of halogens is 2. The van der Waals surface area contributed by atoms with Crippen molar-refractivity contribution in [3.63, 3.8) is 0 Å². The third kappa shape index (κ3) is 21.3. The minimum absolute atomic E-state index is 0.0358. The number of rotatable bonds is 12. The van der Waals surface area contributed by atoms with Crippen molar-refractivity contribution in [2.75, 3.05) is 33.4 Å². The number of unbranched alkanes of at least 4 members (excludes halogenated alkanes) is 1. The number of nitrogens with one attached hydrogen (secondary N) is 2. The van der Waals surface area contributed by atoms with Gasteiger partial charge in [-0.05, 0) is 82.7 Å². The number of hydrogen-bond acceptors (Lipinski definition) is 4. The van der Waals surface area contributed by atoms with Crippen LogP contribution in [0.25, 0.3) is 0 Å². The zero-order valence-electron chi connectivity index (χ0n) is 25.7. The van der Waals surface area contributed by atoms with Crippen molar-refractivity contribution in [3.05, 3.63) is 60.0 Å². The van der Waals surface area contributed by atoms with Crippen LogP contribution in [-0.2, 0) is 0 Å².